The van der Waals surface area contributed by atoms with Gasteiger partial charge in [-0.25, -0.2) is 0 Å². The Morgan fingerprint density at radius 2 is 1.95 bits per heavy atom. The zero-order chi connectivity index (χ0) is 14.7. The molecule has 2 rings (SSSR count). The molecule has 1 atom stereocenters. The van der Waals surface area contributed by atoms with Gasteiger partial charge >= 0.3 is 0 Å². The third-order valence-corrected chi connectivity index (χ3v) is 3.91. The van der Waals surface area contributed by atoms with Crippen molar-refractivity contribution < 1.29 is 9.84 Å². The van der Waals surface area contributed by atoms with Gasteiger partial charge in [0, 0.05) is 25.6 Å². The van der Waals surface area contributed by atoms with E-state index in [-0.39, 0.29) is 6.61 Å². The highest BCUT2D eigenvalue weighted by molar-refractivity contribution is 9.10. The number of ether oxygens (including phenoxy) is 1. The molecule has 0 fully saturated rings. The Labute approximate surface area is 136 Å². The summed E-state index contributed by atoms with van der Waals surface area (Å²) in [5.74, 6) is 0.616. The Bertz CT molecular complexity index is 615. The zero-order valence-corrected chi connectivity index (χ0v) is 13.8. The zero-order valence-electron chi connectivity index (χ0n) is 10.7. The minimum absolute atomic E-state index is 0.287. The lowest BCUT2D eigenvalue weighted by molar-refractivity contribution is 0.190. The maximum atomic E-state index is 9.75. The largest absolute Gasteiger partial charge is 0.488 e. The fraction of sp³-hybridized carbons (Fsp3) is 0.200. The minimum Gasteiger partial charge on any atom is -0.488 e. The number of halogens is 3. The second-order valence-corrected chi connectivity index (χ2v) is 6.14. The lowest BCUT2D eigenvalue weighted by atomic mass is 10.1. The predicted molar refractivity (Wildman–Crippen MR) is 85.6 cm³/mol. The molecule has 5 heteroatoms. The van der Waals surface area contributed by atoms with Crippen LogP contribution in [0.15, 0.2) is 40.9 Å². The molecular weight excluding hydrogens is 363 g/mol. The van der Waals surface area contributed by atoms with Crippen molar-refractivity contribution >= 4 is 39.1 Å². The van der Waals surface area contributed by atoms with Crippen LogP contribution in [0.2, 0.25) is 10.0 Å². The number of hydrogen-bond acceptors (Lipinski definition) is 2. The summed E-state index contributed by atoms with van der Waals surface area (Å²) in [4.78, 5) is 0. The van der Waals surface area contributed by atoms with Gasteiger partial charge in [-0.3, -0.25) is 0 Å². The fourth-order valence-electron chi connectivity index (χ4n) is 1.79. The summed E-state index contributed by atoms with van der Waals surface area (Å²) in [6.45, 7) is 1.98. The van der Waals surface area contributed by atoms with Crippen LogP contribution >= 0.6 is 39.1 Å². The smallest absolute Gasteiger partial charge is 0.126 e. The van der Waals surface area contributed by atoms with Crippen molar-refractivity contribution in [3.8, 4) is 5.75 Å². The van der Waals surface area contributed by atoms with E-state index in [0.29, 0.717) is 15.8 Å². The van der Waals surface area contributed by atoms with E-state index in [1.165, 1.54) is 0 Å². The molecule has 0 spiro atoms. The van der Waals surface area contributed by atoms with Gasteiger partial charge in [0.25, 0.3) is 0 Å². The summed E-state index contributed by atoms with van der Waals surface area (Å²) in [6, 6.07) is 10.7. The molecule has 2 aromatic rings. The molecule has 1 N–H and O–H groups in total. The highest BCUT2D eigenvalue weighted by atomic mass is 79.9. The second kappa shape index (κ2) is 6.81. The van der Waals surface area contributed by atoms with Crippen LogP contribution in [0.3, 0.4) is 0 Å². The van der Waals surface area contributed by atoms with Gasteiger partial charge in [-0.2, -0.15) is 0 Å². The Morgan fingerprint density at radius 3 is 2.65 bits per heavy atom. The molecule has 1 unspecified atom stereocenters. The average molecular weight is 376 g/mol. The molecule has 0 aromatic heterocycles. The lowest BCUT2D eigenvalue weighted by Crippen LogP contribution is -2.01. The van der Waals surface area contributed by atoms with Crippen molar-refractivity contribution in [3.05, 3.63) is 62.0 Å². The van der Waals surface area contributed by atoms with Crippen molar-refractivity contribution in [1.29, 1.82) is 0 Å². The quantitative estimate of drug-likeness (QED) is 0.776. The first-order chi connectivity index (χ1) is 9.47. The first-order valence-electron chi connectivity index (χ1n) is 6.01. The van der Waals surface area contributed by atoms with Crippen LogP contribution in [0, 0.1) is 0 Å². The van der Waals surface area contributed by atoms with Crippen LogP contribution in [0.5, 0.6) is 5.75 Å². The van der Waals surface area contributed by atoms with Crippen LogP contribution in [0.25, 0.3) is 0 Å². The van der Waals surface area contributed by atoms with E-state index >= 15 is 0 Å². The summed E-state index contributed by atoms with van der Waals surface area (Å²) < 4.78 is 6.65. The van der Waals surface area contributed by atoms with E-state index in [4.69, 9.17) is 27.9 Å². The van der Waals surface area contributed by atoms with Crippen LogP contribution in [-0.2, 0) is 6.61 Å². The average Bonchev–Trinajstić information content (AvgIpc) is 2.39. The molecular formula is C15H13BrCl2O2. The van der Waals surface area contributed by atoms with Crippen molar-refractivity contribution in [2.75, 3.05) is 0 Å². The predicted octanol–water partition coefficient (Wildman–Crippen LogP) is 5.39. The minimum atomic E-state index is -0.604. The molecule has 0 amide bonds. The SMILES string of the molecule is CC(O)c1ccc(Br)cc1OCc1cc(Cl)ccc1Cl. The summed E-state index contributed by atoms with van der Waals surface area (Å²) in [7, 11) is 0. The highest BCUT2D eigenvalue weighted by Crippen LogP contribution is 2.30. The van der Waals surface area contributed by atoms with E-state index in [1.807, 2.05) is 18.2 Å². The molecule has 106 valence electrons. The van der Waals surface area contributed by atoms with E-state index < -0.39 is 6.10 Å². The summed E-state index contributed by atoms with van der Waals surface area (Å²) in [6.07, 6.45) is -0.604. The standard InChI is InChI=1S/C15H13BrCl2O2/c1-9(19)13-4-2-11(16)7-15(13)20-8-10-6-12(17)3-5-14(10)18/h2-7,9,19H,8H2,1H3. The number of aliphatic hydroxyl groups is 1. The third-order valence-electron chi connectivity index (χ3n) is 2.82. The molecule has 2 nitrogen and oxygen atoms in total. The Hall–Kier alpha value is -0.740. The molecule has 0 bridgehead atoms. The van der Waals surface area contributed by atoms with Crippen LogP contribution < -0.4 is 4.74 Å². The molecule has 2 aromatic carbocycles. The molecule has 0 radical (unpaired) electrons. The fourth-order valence-corrected chi connectivity index (χ4v) is 2.49. The Kier molecular flexibility index (Phi) is 5.33. The van der Waals surface area contributed by atoms with Crippen LogP contribution in [0.4, 0.5) is 0 Å². The highest BCUT2D eigenvalue weighted by Gasteiger charge is 2.11. The van der Waals surface area contributed by atoms with Gasteiger partial charge in [-0.05, 0) is 37.3 Å². The number of aliphatic hydroxyl groups excluding tert-OH is 1. The molecule has 0 aliphatic heterocycles. The Balaban J connectivity index is 2.22. The van der Waals surface area contributed by atoms with E-state index in [2.05, 4.69) is 15.9 Å². The van der Waals surface area contributed by atoms with Crippen LogP contribution in [0.1, 0.15) is 24.2 Å². The van der Waals surface area contributed by atoms with E-state index in [0.717, 1.165) is 15.6 Å². The summed E-state index contributed by atoms with van der Waals surface area (Å²) >= 11 is 15.4. The number of hydrogen-bond donors (Lipinski definition) is 1. The van der Waals surface area contributed by atoms with Crippen molar-refractivity contribution in [3.63, 3.8) is 0 Å². The van der Waals surface area contributed by atoms with Gasteiger partial charge in [0.15, 0.2) is 0 Å². The maximum absolute atomic E-state index is 9.75. The molecule has 0 aliphatic rings. The van der Waals surface area contributed by atoms with Crippen LogP contribution in [-0.4, -0.2) is 5.11 Å². The Morgan fingerprint density at radius 1 is 1.20 bits per heavy atom. The maximum Gasteiger partial charge on any atom is 0.126 e. The van der Waals surface area contributed by atoms with E-state index in [9.17, 15) is 5.11 Å². The van der Waals surface area contributed by atoms with Gasteiger partial charge in [-0.1, -0.05) is 45.2 Å². The van der Waals surface area contributed by atoms with Gasteiger partial charge in [-0.15, -0.1) is 0 Å². The van der Waals surface area contributed by atoms with Crippen molar-refractivity contribution in [2.24, 2.45) is 0 Å². The van der Waals surface area contributed by atoms with Crippen molar-refractivity contribution in [1.82, 2.24) is 0 Å². The lowest BCUT2D eigenvalue weighted by Gasteiger charge is -2.14. The molecule has 0 aliphatic carbocycles. The van der Waals surface area contributed by atoms with Gasteiger partial charge in [0.1, 0.15) is 12.4 Å². The topological polar surface area (TPSA) is 29.5 Å². The number of rotatable bonds is 4. The molecule has 0 saturated carbocycles. The van der Waals surface area contributed by atoms with Gasteiger partial charge in [0.2, 0.25) is 0 Å². The first kappa shape index (κ1) is 15.6. The summed E-state index contributed by atoms with van der Waals surface area (Å²) in [5.41, 5.74) is 1.53. The second-order valence-electron chi connectivity index (χ2n) is 4.38. The van der Waals surface area contributed by atoms with Gasteiger partial charge in [0.05, 0.1) is 6.10 Å². The van der Waals surface area contributed by atoms with E-state index in [1.54, 1.807) is 25.1 Å². The van der Waals surface area contributed by atoms with Crippen molar-refractivity contribution in [2.45, 2.75) is 19.6 Å². The monoisotopic (exact) mass is 374 g/mol. The molecule has 20 heavy (non-hydrogen) atoms. The normalized spacial score (nSPS) is 12.2. The first-order valence-corrected chi connectivity index (χ1v) is 7.56. The molecule has 0 saturated heterocycles. The summed E-state index contributed by atoms with van der Waals surface area (Å²) in [5, 5.41) is 11.0. The third kappa shape index (κ3) is 3.89. The number of benzene rings is 2. The van der Waals surface area contributed by atoms with Gasteiger partial charge < -0.3 is 9.84 Å². The molecule has 0 heterocycles.